The smallest absolute Gasteiger partial charge is 0.417 e. The highest BCUT2D eigenvalue weighted by atomic mass is 19.4. The minimum Gasteiger partial charge on any atom is -0.497 e. The van der Waals surface area contributed by atoms with E-state index < -0.39 is 29.3 Å². The second-order valence-corrected chi connectivity index (χ2v) is 7.64. The fourth-order valence-corrected chi connectivity index (χ4v) is 3.81. The number of piperazine rings is 1. The van der Waals surface area contributed by atoms with Crippen LogP contribution in [0.2, 0.25) is 0 Å². The van der Waals surface area contributed by atoms with Crippen molar-refractivity contribution in [2.75, 3.05) is 31.6 Å². The van der Waals surface area contributed by atoms with Gasteiger partial charge in [-0.15, -0.1) is 0 Å². The Kier molecular flexibility index (Phi) is 7.11. The zero-order valence-corrected chi connectivity index (χ0v) is 17.9. The first kappa shape index (κ1) is 23.9. The van der Waals surface area contributed by atoms with Gasteiger partial charge >= 0.3 is 6.18 Å². The second-order valence-electron chi connectivity index (χ2n) is 7.64. The molecule has 2 N–H and O–H groups in total. The van der Waals surface area contributed by atoms with Crippen LogP contribution in [0, 0.1) is 11.3 Å². The number of ether oxygens (including phenoxy) is 1. The molecule has 10 heteroatoms. The summed E-state index contributed by atoms with van der Waals surface area (Å²) >= 11 is 0. The van der Waals surface area contributed by atoms with E-state index in [-0.39, 0.29) is 37.6 Å². The number of carbonyl (C=O) groups is 2. The van der Waals surface area contributed by atoms with Gasteiger partial charge in [0.25, 0.3) is 0 Å². The van der Waals surface area contributed by atoms with Crippen LogP contribution < -0.4 is 15.4 Å². The van der Waals surface area contributed by atoms with Crippen molar-refractivity contribution in [2.24, 2.45) is 5.73 Å². The number of anilines is 1. The van der Waals surface area contributed by atoms with E-state index in [1.54, 1.807) is 19.2 Å². The van der Waals surface area contributed by atoms with Crippen LogP contribution in [0.4, 0.5) is 18.9 Å². The van der Waals surface area contributed by atoms with E-state index in [1.807, 2.05) is 12.1 Å². The molecule has 0 aromatic heterocycles. The zero-order valence-electron chi connectivity index (χ0n) is 17.9. The van der Waals surface area contributed by atoms with Crippen LogP contribution in [0.1, 0.15) is 23.1 Å². The van der Waals surface area contributed by atoms with Gasteiger partial charge in [0, 0.05) is 25.2 Å². The summed E-state index contributed by atoms with van der Waals surface area (Å²) in [5.74, 6) is -0.213. The molecule has 0 aliphatic carbocycles. The standard InChI is InChI=1S/C23H23F3N4O3/c1-33-18-7-2-15(3-8-18)4-9-21(31)29-10-11-30(20(14-29)22(28)32)17-6-5-16(13-27)19(12-17)23(24,25)26/h2-3,5-8,12,20H,4,9-11,14H2,1H3,(H2,28,32). The third-order valence-corrected chi connectivity index (χ3v) is 5.61. The van der Waals surface area contributed by atoms with Gasteiger partial charge in [-0.25, -0.2) is 0 Å². The van der Waals surface area contributed by atoms with Crippen LogP contribution in [-0.4, -0.2) is 49.5 Å². The van der Waals surface area contributed by atoms with Crippen molar-refractivity contribution in [3.8, 4) is 11.8 Å². The molecule has 1 aliphatic rings. The van der Waals surface area contributed by atoms with Crippen LogP contribution >= 0.6 is 0 Å². The highest BCUT2D eigenvalue weighted by Gasteiger charge is 2.37. The number of alkyl halides is 3. The summed E-state index contributed by atoms with van der Waals surface area (Å²) in [6.07, 6.45) is -4.01. The number of benzene rings is 2. The average Bonchev–Trinajstić information content (AvgIpc) is 2.81. The first-order chi connectivity index (χ1) is 15.6. The first-order valence-electron chi connectivity index (χ1n) is 10.2. The molecule has 2 aromatic carbocycles. The van der Waals surface area contributed by atoms with Crippen LogP contribution in [0.3, 0.4) is 0 Å². The largest absolute Gasteiger partial charge is 0.497 e. The van der Waals surface area contributed by atoms with Crippen LogP contribution in [0.5, 0.6) is 5.75 Å². The Bertz CT molecular complexity index is 1060. The molecule has 7 nitrogen and oxygen atoms in total. The zero-order chi connectivity index (χ0) is 24.2. The van der Waals surface area contributed by atoms with Gasteiger partial charge in [0.15, 0.2) is 0 Å². The van der Waals surface area contributed by atoms with Gasteiger partial charge in [-0.2, -0.15) is 18.4 Å². The van der Waals surface area contributed by atoms with Crippen molar-refractivity contribution in [3.05, 3.63) is 59.2 Å². The molecule has 174 valence electrons. The molecule has 1 atom stereocenters. The summed E-state index contributed by atoms with van der Waals surface area (Å²) in [5, 5.41) is 8.99. The lowest BCUT2D eigenvalue weighted by atomic mass is 10.0. The first-order valence-corrected chi connectivity index (χ1v) is 10.2. The number of rotatable bonds is 6. The molecule has 1 heterocycles. The topological polar surface area (TPSA) is 99.7 Å². The number of nitrogens with zero attached hydrogens (tertiary/aromatic N) is 3. The van der Waals surface area contributed by atoms with Crippen molar-refractivity contribution < 1.29 is 27.5 Å². The van der Waals surface area contributed by atoms with Gasteiger partial charge in [0.05, 0.1) is 30.9 Å². The van der Waals surface area contributed by atoms with Crippen LogP contribution in [0.15, 0.2) is 42.5 Å². The third-order valence-electron chi connectivity index (χ3n) is 5.61. The number of hydrogen-bond donors (Lipinski definition) is 1. The monoisotopic (exact) mass is 460 g/mol. The van der Waals surface area contributed by atoms with E-state index in [1.165, 1.54) is 21.9 Å². The van der Waals surface area contributed by atoms with Crippen molar-refractivity contribution in [2.45, 2.75) is 25.1 Å². The molecular formula is C23H23F3N4O3. The van der Waals surface area contributed by atoms with E-state index in [9.17, 15) is 22.8 Å². The number of hydrogen-bond acceptors (Lipinski definition) is 5. The predicted octanol–water partition coefficient (Wildman–Crippen LogP) is 2.72. The van der Waals surface area contributed by atoms with Gasteiger partial charge in [-0.1, -0.05) is 12.1 Å². The molecule has 0 saturated carbocycles. The van der Waals surface area contributed by atoms with E-state index in [4.69, 9.17) is 15.7 Å². The van der Waals surface area contributed by atoms with Crippen molar-refractivity contribution in [1.29, 1.82) is 5.26 Å². The summed E-state index contributed by atoms with van der Waals surface area (Å²) in [6, 6.07) is 11.1. The molecule has 0 bridgehead atoms. The lowest BCUT2D eigenvalue weighted by Gasteiger charge is -2.41. The molecule has 0 spiro atoms. The Morgan fingerprint density at radius 2 is 1.88 bits per heavy atom. The lowest BCUT2D eigenvalue weighted by Crippen LogP contribution is -2.59. The van der Waals surface area contributed by atoms with Gasteiger partial charge in [-0.05, 0) is 42.3 Å². The number of nitriles is 1. The maximum Gasteiger partial charge on any atom is 0.417 e. The number of carbonyl (C=O) groups excluding carboxylic acids is 2. The number of halogens is 3. The number of amides is 2. The predicted molar refractivity (Wildman–Crippen MR) is 114 cm³/mol. The Labute approximate surface area is 189 Å². The molecule has 0 radical (unpaired) electrons. The highest BCUT2D eigenvalue weighted by molar-refractivity contribution is 5.86. The molecule has 1 aliphatic heterocycles. The van der Waals surface area contributed by atoms with Gasteiger partial charge < -0.3 is 20.3 Å². The number of methoxy groups -OCH3 is 1. The fourth-order valence-electron chi connectivity index (χ4n) is 3.81. The Balaban J connectivity index is 1.72. The van der Waals surface area contributed by atoms with Crippen LogP contribution in [-0.2, 0) is 22.2 Å². The molecular weight excluding hydrogens is 437 g/mol. The van der Waals surface area contributed by atoms with Gasteiger partial charge in [-0.3, -0.25) is 9.59 Å². The molecule has 1 fully saturated rings. The number of nitrogens with two attached hydrogens (primary N) is 1. The quantitative estimate of drug-likeness (QED) is 0.715. The molecule has 1 saturated heterocycles. The molecule has 1 unspecified atom stereocenters. The maximum absolute atomic E-state index is 13.4. The van der Waals surface area contributed by atoms with E-state index in [0.29, 0.717) is 12.2 Å². The van der Waals surface area contributed by atoms with E-state index in [2.05, 4.69) is 0 Å². The SMILES string of the molecule is COc1ccc(CCC(=O)N2CCN(c3ccc(C#N)c(C(F)(F)F)c3)C(C(N)=O)C2)cc1. The minimum absolute atomic E-state index is 0.0296. The summed E-state index contributed by atoms with van der Waals surface area (Å²) in [6.45, 7) is 0.329. The van der Waals surface area contributed by atoms with Crippen molar-refractivity contribution in [1.82, 2.24) is 4.90 Å². The summed E-state index contributed by atoms with van der Waals surface area (Å²) in [5.41, 5.74) is 5.01. The van der Waals surface area contributed by atoms with E-state index >= 15 is 0 Å². The second kappa shape index (κ2) is 9.81. The maximum atomic E-state index is 13.4. The Morgan fingerprint density at radius 1 is 1.18 bits per heavy atom. The third kappa shape index (κ3) is 5.55. The Morgan fingerprint density at radius 3 is 2.45 bits per heavy atom. The highest BCUT2D eigenvalue weighted by Crippen LogP contribution is 2.35. The average molecular weight is 460 g/mol. The fraction of sp³-hybridized carbons (Fsp3) is 0.348. The van der Waals surface area contributed by atoms with Crippen molar-refractivity contribution >= 4 is 17.5 Å². The Hall–Kier alpha value is -3.74. The normalized spacial score (nSPS) is 16.3. The number of primary amides is 1. The summed E-state index contributed by atoms with van der Waals surface area (Å²) in [4.78, 5) is 27.8. The van der Waals surface area contributed by atoms with Crippen molar-refractivity contribution in [3.63, 3.8) is 0 Å². The number of aryl methyl sites for hydroxylation is 1. The summed E-state index contributed by atoms with van der Waals surface area (Å²) < 4.78 is 45.2. The molecule has 2 amide bonds. The van der Waals surface area contributed by atoms with Gasteiger partial charge in [0.1, 0.15) is 11.8 Å². The molecule has 33 heavy (non-hydrogen) atoms. The minimum atomic E-state index is -4.72. The summed E-state index contributed by atoms with van der Waals surface area (Å²) in [7, 11) is 1.56. The van der Waals surface area contributed by atoms with E-state index in [0.717, 1.165) is 17.7 Å². The lowest BCUT2D eigenvalue weighted by molar-refractivity contribution is -0.137. The molecule has 3 rings (SSSR count). The molecule has 2 aromatic rings. The van der Waals surface area contributed by atoms with Crippen LogP contribution in [0.25, 0.3) is 0 Å². The van der Waals surface area contributed by atoms with Gasteiger partial charge in [0.2, 0.25) is 11.8 Å².